The van der Waals surface area contributed by atoms with Crippen molar-refractivity contribution in [2.75, 3.05) is 13.2 Å². The Morgan fingerprint density at radius 3 is 2.00 bits per heavy atom. The Balaban J connectivity index is 1.31. The summed E-state index contributed by atoms with van der Waals surface area (Å²) < 4.78 is 40.1. The fourth-order valence-electron chi connectivity index (χ4n) is 5.01. The molecular weight excluding hydrogens is 454 g/mol. The molecule has 1 aliphatic rings. The Morgan fingerprint density at radius 1 is 0.750 bits per heavy atom. The average molecular weight is 491 g/mol. The van der Waals surface area contributed by atoms with Crippen LogP contribution in [-0.4, -0.2) is 13.2 Å². The minimum absolute atomic E-state index is 0.0644. The molecular formula is C32H36F2O2. The van der Waals surface area contributed by atoms with Crippen LogP contribution in [0.4, 0.5) is 8.78 Å². The molecule has 0 radical (unpaired) electrons. The molecule has 190 valence electrons. The standard InChI is InChI=1S/C32H36F2O2/c1-3-5-6-7-23-8-10-24(11-9-23)22-36-28-18-16-26(17-19-28)25-12-14-27(15-13-25)29-20-21-30(35-4-2)32(34)31(29)33/h3,5,12-21,23-24H,4,6-11,22H2,1-2H3/b5-3+. The van der Waals surface area contributed by atoms with E-state index in [0.717, 1.165) is 29.4 Å². The van der Waals surface area contributed by atoms with Gasteiger partial charge in [0.15, 0.2) is 11.6 Å². The van der Waals surface area contributed by atoms with Crippen molar-refractivity contribution in [3.8, 4) is 33.8 Å². The van der Waals surface area contributed by atoms with Crippen molar-refractivity contribution in [3.63, 3.8) is 0 Å². The van der Waals surface area contributed by atoms with Gasteiger partial charge in [-0.25, -0.2) is 4.39 Å². The Hall–Kier alpha value is -3.14. The van der Waals surface area contributed by atoms with Crippen molar-refractivity contribution in [2.24, 2.45) is 11.8 Å². The van der Waals surface area contributed by atoms with Crippen LogP contribution in [0.2, 0.25) is 0 Å². The van der Waals surface area contributed by atoms with Crippen LogP contribution in [0.25, 0.3) is 22.3 Å². The quantitative estimate of drug-likeness (QED) is 0.264. The Bertz CT molecular complexity index is 1130. The lowest BCUT2D eigenvalue weighted by Gasteiger charge is -2.28. The van der Waals surface area contributed by atoms with Crippen LogP contribution in [0.3, 0.4) is 0 Å². The van der Waals surface area contributed by atoms with Gasteiger partial charge in [0.25, 0.3) is 0 Å². The van der Waals surface area contributed by atoms with E-state index in [2.05, 4.69) is 19.1 Å². The minimum Gasteiger partial charge on any atom is -0.493 e. The molecule has 0 atom stereocenters. The summed E-state index contributed by atoms with van der Waals surface area (Å²) in [6.45, 7) is 4.89. The van der Waals surface area contributed by atoms with E-state index in [4.69, 9.17) is 9.47 Å². The summed E-state index contributed by atoms with van der Waals surface area (Å²) in [4.78, 5) is 0. The third-order valence-corrected chi connectivity index (χ3v) is 7.16. The number of ether oxygens (including phenoxy) is 2. The van der Waals surface area contributed by atoms with Gasteiger partial charge in [-0.15, -0.1) is 0 Å². The zero-order valence-electron chi connectivity index (χ0n) is 21.3. The molecule has 1 saturated carbocycles. The summed E-state index contributed by atoms with van der Waals surface area (Å²) in [5.41, 5.74) is 2.90. The molecule has 0 aliphatic heterocycles. The normalized spacial score (nSPS) is 17.9. The number of hydrogen-bond acceptors (Lipinski definition) is 2. The maximum Gasteiger partial charge on any atom is 0.201 e. The van der Waals surface area contributed by atoms with Crippen LogP contribution >= 0.6 is 0 Å². The van der Waals surface area contributed by atoms with Gasteiger partial charge >= 0.3 is 0 Å². The first-order valence-electron chi connectivity index (χ1n) is 13.1. The lowest BCUT2D eigenvalue weighted by Crippen LogP contribution is -2.20. The van der Waals surface area contributed by atoms with Crippen LogP contribution in [0.15, 0.2) is 72.8 Å². The van der Waals surface area contributed by atoms with Crippen LogP contribution in [0.5, 0.6) is 11.5 Å². The summed E-state index contributed by atoms with van der Waals surface area (Å²) in [6.07, 6.45) is 12.1. The molecule has 1 fully saturated rings. The number of allylic oxidation sites excluding steroid dienone is 2. The van der Waals surface area contributed by atoms with Crippen molar-refractivity contribution in [1.82, 2.24) is 0 Å². The van der Waals surface area contributed by atoms with Gasteiger partial charge in [-0.1, -0.05) is 61.4 Å². The zero-order valence-corrected chi connectivity index (χ0v) is 21.3. The van der Waals surface area contributed by atoms with E-state index in [9.17, 15) is 8.78 Å². The van der Waals surface area contributed by atoms with E-state index in [1.165, 1.54) is 44.6 Å². The fraction of sp³-hybridized carbons (Fsp3) is 0.375. The first-order chi connectivity index (χ1) is 17.6. The maximum atomic E-state index is 14.6. The number of benzene rings is 3. The lowest BCUT2D eigenvalue weighted by molar-refractivity contribution is 0.179. The fourth-order valence-corrected chi connectivity index (χ4v) is 5.01. The zero-order chi connectivity index (χ0) is 25.3. The van der Waals surface area contributed by atoms with E-state index in [0.29, 0.717) is 11.5 Å². The van der Waals surface area contributed by atoms with Crippen molar-refractivity contribution in [1.29, 1.82) is 0 Å². The minimum atomic E-state index is -0.952. The highest BCUT2D eigenvalue weighted by Crippen LogP contribution is 2.33. The number of rotatable bonds is 10. The van der Waals surface area contributed by atoms with Gasteiger partial charge in [-0.05, 0) is 92.3 Å². The van der Waals surface area contributed by atoms with Gasteiger partial charge in [0.1, 0.15) is 5.75 Å². The second kappa shape index (κ2) is 12.7. The predicted molar refractivity (Wildman–Crippen MR) is 143 cm³/mol. The highest BCUT2D eigenvalue weighted by atomic mass is 19.2. The molecule has 0 saturated heterocycles. The number of hydrogen-bond donors (Lipinski definition) is 0. The molecule has 3 aromatic rings. The topological polar surface area (TPSA) is 18.5 Å². The predicted octanol–water partition coefficient (Wildman–Crippen LogP) is 9.24. The molecule has 0 spiro atoms. The molecule has 4 heteroatoms. The highest BCUT2D eigenvalue weighted by Gasteiger charge is 2.21. The van der Waals surface area contributed by atoms with Gasteiger partial charge < -0.3 is 9.47 Å². The third-order valence-electron chi connectivity index (χ3n) is 7.16. The van der Waals surface area contributed by atoms with Gasteiger partial charge in [-0.3, -0.25) is 0 Å². The second-order valence-corrected chi connectivity index (χ2v) is 9.62. The molecule has 3 aromatic carbocycles. The number of halogens is 2. The third kappa shape index (κ3) is 6.54. The van der Waals surface area contributed by atoms with Crippen molar-refractivity contribution < 1.29 is 18.3 Å². The first kappa shape index (κ1) is 25.9. The maximum absolute atomic E-state index is 14.6. The van der Waals surface area contributed by atoms with Crippen molar-refractivity contribution in [3.05, 3.63) is 84.5 Å². The van der Waals surface area contributed by atoms with E-state index in [-0.39, 0.29) is 17.9 Å². The SMILES string of the molecule is C/C=C/CCC1CCC(COc2ccc(-c3ccc(-c4ccc(OCC)c(F)c4F)cc3)cc2)CC1. The summed E-state index contributed by atoms with van der Waals surface area (Å²) in [5.74, 6) is 0.489. The van der Waals surface area contributed by atoms with Crippen LogP contribution in [0, 0.1) is 23.5 Å². The van der Waals surface area contributed by atoms with Gasteiger partial charge in [0, 0.05) is 5.56 Å². The van der Waals surface area contributed by atoms with Gasteiger partial charge in [0.2, 0.25) is 5.82 Å². The van der Waals surface area contributed by atoms with E-state index in [1.54, 1.807) is 13.0 Å². The Labute approximate surface area is 214 Å². The van der Waals surface area contributed by atoms with Crippen molar-refractivity contribution >= 4 is 0 Å². The second-order valence-electron chi connectivity index (χ2n) is 9.62. The van der Waals surface area contributed by atoms with Crippen LogP contribution < -0.4 is 9.47 Å². The van der Waals surface area contributed by atoms with Crippen LogP contribution in [0.1, 0.15) is 52.4 Å². The van der Waals surface area contributed by atoms with Gasteiger partial charge in [0.05, 0.1) is 13.2 Å². The smallest absolute Gasteiger partial charge is 0.201 e. The van der Waals surface area contributed by atoms with Crippen LogP contribution in [-0.2, 0) is 0 Å². The summed E-state index contributed by atoms with van der Waals surface area (Å²) in [5, 5.41) is 0. The molecule has 0 unspecified atom stereocenters. The molecule has 0 heterocycles. The Morgan fingerprint density at radius 2 is 1.36 bits per heavy atom. The molecule has 4 rings (SSSR count). The molecule has 0 amide bonds. The highest BCUT2D eigenvalue weighted by molar-refractivity contribution is 5.71. The molecule has 0 N–H and O–H groups in total. The molecule has 36 heavy (non-hydrogen) atoms. The average Bonchev–Trinajstić information content (AvgIpc) is 2.92. The first-order valence-corrected chi connectivity index (χ1v) is 13.1. The van der Waals surface area contributed by atoms with E-state index in [1.807, 2.05) is 48.5 Å². The monoisotopic (exact) mass is 490 g/mol. The molecule has 0 bridgehead atoms. The van der Waals surface area contributed by atoms with Gasteiger partial charge in [-0.2, -0.15) is 4.39 Å². The molecule has 0 aromatic heterocycles. The summed E-state index contributed by atoms with van der Waals surface area (Å²) in [7, 11) is 0. The van der Waals surface area contributed by atoms with E-state index >= 15 is 0 Å². The molecule has 2 nitrogen and oxygen atoms in total. The van der Waals surface area contributed by atoms with E-state index < -0.39 is 11.6 Å². The summed E-state index contributed by atoms with van der Waals surface area (Å²) in [6, 6.07) is 18.6. The largest absolute Gasteiger partial charge is 0.493 e. The van der Waals surface area contributed by atoms with Crippen molar-refractivity contribution in [2.45, 2.75) is 52.4 Å². The summed E-state index contributed by atoms with van der Waals surface area (Å²) >= 11 is 0. The Kier molecular flexibility index (Phi) is 9.16. The molecule has 1 aliphatic carbocycles. The lowest BCUT2D eigenvalue weighted by atomic mass is 9.80.